The SMILES string of the molecule is CC1(C)OCB(c2cc3cc(N)nn3cc2F)OC1(C)C. The number of halogens is 1. The number of anilines is 1. The number of rotatable bonds is 1. The molecule has 3 heterocycles. The quantitative estimate of drug-likeness (QED) is 0.807. The van der Waals surface area contributed by atoms with Crippen LogP contribution in [0, 0.1) is 5.82 Å². The molecule has 1 aliphatic heterocycles. The molecule has 1 aliphatic rings. The van der Waals surface area contributed by atoms with Crippen molar-refractivity contribution >= 4 is 23.7 Å². The molecule has 0 radical (unpaired) electrons. The summed E-state index contributed by atoms with van der Waals surface area (Å²) in [5.41, 5.74) is 5.89. The van der Waals surface area contributed by atoms with E-state index in [1.54, 1.807) is 12.1 Å². The number of nitrogens with two attached hydrogens (primary N) is 1. The number of fused-ring (bicyclic) bond motifs is 1. The predicted octanol–water partition coefficient (Wildman–Crippen LogP) is 1.40. The van der Waals surface area contributed by atoms with Crippen LogP contribution in [0.3, 0.4) is 0 Å². The molecule has 1 fully saturated rings. The summed E-state index contributed by atoms with van der Waals surface area (Å²) in [7, 11) is 0. The molecule has 112 valence electrons. The third-order valence-electron chi connectivity index (χ3n) is 4.43. The Labute approximate surface area is 123 Å². The summed E-state index contributed by atoms with van der Waals surface area (Å²) in [5, 5.41) is 3.99. The minimum Gasteiger partial charge on any atom is -0.421 e. The Morgan fingerprint density at radius 2 is 2.00 bits per heavy atom. The van der Waals surface area contributed by atoms with E-state index in [4.69, 9.17) is 15.1 Å². The van der Waals surface area contributed by atoms with Gasteiger partial charge >= 0.3 is 6.92 Å². The molecule has 2 aromatic rings. The Bertz CT molecular complexity index is 699. The van der Waals surface area contributed by atoms with Crippen molar-refractivity contribution in [3.05, 3.63) is 24.1 Å². The molecule has 0 saturated carbocycles. The summed E-state index contributed by atoms with van der Waals surface area (Å²) >= 11 is 0. The second kappa shape index (κ2) is 4.45. The van der Waals surface area contributed by atoms with Gasteiger partial charge in [-0.2, -0.15) is 5.10 Å². The van der Waals surface area contributed by atoms with Crippen LogP contribution in [0.4, 0.5) is 10.2 Å². The van der Waals surface area contributed by atoms with Crippen molar-refractivity contribution < 1.29 is 13.8 Å². The first-order valence-corrected chi connectivity index (χ1v) is 6.96. The maximum atomic E-state index is 14.3. The highest BCUT2D eigenvalue weighted by molar-refractivity contribution is 6.67. The maximum absolute atomic E-state index is 14.3. The predicted molar refractivity (Wildman–Crippen MR) is 80.1 cm³/mol. The van der Waals surface area contributed by atoms with Crippen molar-refractivity contribution in [2.24, 2.45) is 0 Å². The molecule has 5 nitrogen and oxygen atoms in total. The molecule has 0 aromatic carbocycles. The highest BCUT2D eigenvalue weighted by atomic mass is 19.1. The lowest BCUT2D eigenvalue weighted by Crippen LogP contribution is -2.62. The number of pyridine rings is 1. The van der Waals surface area contributed by atoms with E-state index in [-0.39, 0.29) is 5.82 Å². The number of ether oxygens (including phenoxy) is 1. The summed E-state index contributed by atoms with van der Waals surface area (Å²) in [6.07, 6.45) is 1.32. The van der Waals surface area contributed by atoms with Crippen LogP contribution in [-0.4, -0.2) is 34.2 Å². The molecule has 0 aliphatic carbocycles. The molecular formula is C14H19BFN3O2. The molecule has 0 spiro atoms. The summed E-state index contributed by atoms with van der Waals surface area (Å²) in [4.78, 5) is 0. The number of hydrogen-bond acceptors (Lipinski definition) is 4. The largest absolute Gasteiger partial charge is 0.421 e. The molecule has 7 heteroatoms. The second-order valence-corrected chi connectivity index (χ2v) is 6.45. The van der Waals surface area contributed by atoms with Crippen LogP contribution in [-0.2, 0) is 9.39 Å². The van der Waals surface area contributed by atoms with Crippen LogP contribution in [0.5, 0.6) is 0 Å². The fraction of sp³-hybridized carbons (Fsp3) is 0.500. The topological polar surface area (TPSA) is 61.8 Å². The van der Waals surface area contributed by atoms with Gasteiger partial charge in [0, 0.05) is 6.07 Å². The zero-order valence-electron chi connectivity index (χ0n) is 12.7. The van der Waals surface area contributed by atoms with Crippen LogP contribution in [0.1, 0.15) is 27.7 Å². The average Bonchev–Trinajstić information content (AvgIpc) is 2.71. The van der Waals surface area contributed by atoms with Crippen LogP contribution >= 0.6 is 0 Å². The minimum atomic E-state index is -0.520. The summed E-state index contributed by atoms with van der Waals surface area (Å²) in [6, 6.07) is 3.41. The van der Waals surface area contributed by atoms with Crippen molar-refractivity contribution in [1.82, 2.24) is 9.61 Å². The van der Waals surface area contributed by atoms with Crippen LogP contribution in [0.2, 0.25) is 0 Å². The number of nitrogens with zero attached hydrogens (tertiary/aromatic N) is 2. The minimum absolute atomic E-state index is 0.313. The Morgan fingerprint density at radius 1 is 1.29 bits per heavy atom. The Kier molecular flexibility index (Phi) is 3.04. The van der Waals surface area contributed by atoms with Gasteiger partial charge in [0.05, 0.1) is 29.4 Å². The van der Waals surface area contributed by atoms with Gasteiger partial charge in [-0.25, -0.2) is 8.91 Å². The Morgan fingerprint density at radius 3 is 2.67 bits per heavy atom. The van der Waals surface area contributed by atoms with E-state index in [1.165, 1.54) is 10.7 Å². The first-order valence-electron chi connectivity index (χ1n) is 6.96. The maximum Gasteiger partial charge on any atom is 0.357 e. The molecule has 21 heavy (non-hydrogen) atoms. The van der Waals surface area contributed by atoms with Gasteiger partial charge in [-0.15, -0.1) is 0 Å². The summed E-state index contributed by atoms with van der Waals surface area (Å²) < 4.78 is 27.7. The lowest BCUT2D eigenvalue weighted by atomic mass is 9.59. The van der Waals surface area contributed by atoms with E-state index in [0.717, 1.165) is 5.52 Å². The highest BCUT2D eigenvalue weighted by Crippen LogP contribution is 2.33. The Balaban J connectivity index is 1.99. The van der Waals surface area contributed by atoms with Crippen molar-refractivity contribution in [1.29, 1.82) is 0 Å². The first kappa shape index (κ1) is 14.3. The van der Waals surface area contributed by atoms with E-state index in [2.05, 4.69) is 5.10 Å². The summed E-state index contributed by atoms with van der Waals surface area (Å²) in [5.74, 6) is -0.0245. The molecule has 1 saturated heterocycles. The molecule has 0 unspecified atom stereocenters. The van der Waals surface area contributed by atoms with Crippen molar-refractivity contribution in [3.8, 4) is 0 Å². The van der Waals surface area contributed by atoms with Crippen molar-refractivity contribution in [2.45, 2.75) is 38.9 Å². The second-order valence-electron chi connectivity index (χ2n) is 6.45. The van der Waals surface area contributed by atoms with E-state index < -0.39 is 18.1 Å². The Hall–Kier alpha value is -1.60. The fourth-order valence-electron chi connectivity index (χ4n) is 2.44. The number of hydrogen-bond donors (Lipinski definition) is 1. The van der Waals surface area contributed by atoms with Crippen LogP contribution in [0.25, 0.3) is 5.52 Å². The van der Waals surface area contributed by atoms with Gasteiger partial charge in [0.1, 0.15) is 11.6 Å². The third-order valence-corrected chi connectivity index (χ3v) is 4.43. The average molecular weight is 291 g/mol. The fourth-order valence-corrected chi connectivity index (χ4v) is 2.44. The normalized spacial score (nSPS) is 20.9. The first-order chi connectivity index (χ1) is 9.69. The molecule has 2 N–H and O–H groups in total. The van der Waals surface area contributed by atoms with Gasteiger partial charge < -0.3 is 15.1 Å². The molecular weight excluding hydrogens is 272 g/mol. The molecule has 0 atom stereocenters. The van der Waals surface area contributed by atoms with E-state index in [1.807, 2.05) is 27.7 Å². The monoisotopic (exact) mass is 291 g/mol. The van der Waals surface area contributed by atoms with E-state index in [0.29, 0.717) is 17.8 Å². The van der Waals surface area contributed by atoms with Gasteiger partial charge in [0.2, 0.25) is 0 Å². The van der Waals surface area contributed by atoms with Gasteiger partial charge in [-0.3, -0.25) is 0 Å². The van der Waals surface area contributed by atoms with Crippen LogP contribution in [0.15, 0.2) is 18.3 Å². The van der Waals surface area contributed by atoms with E-state index >= 15 is 0 Å². The lowest BCUT2D eigenvalue weighted by molar-refractivity contribution is -0.152. The molecule has 2 aromatic heterocycles. The highest BCUT2D eigenvalue weighted by Gasteiger charge is 2.47. The van der Waals surface area contributed by atoms with Crippen LogP contribution < -0.4 is 11.2 Å². The van der Waals surface area contributed by atoms with Crippen molar-refractivity contribution in [3.63, 3.8) is 0 Å². The lowest BCUT2D eigenvalue weighted by Gasteiger charge is -2.47. The molecule has 0 amide bonds. The van der Waals surface area contributed by atoms with Gasteiger partial charge in [0.25, 0.3) is 0 Å². The standard InChI is InChI=1S/C14H19BFN3O2/c1-13(2)14(3,4)21-15(8-20-13)10-5-9-6-12(17)18-19(9)7-11(10)16/h5-7H,8H2,1-4H3,(H2,17,18). The molecule has 0 bridgehead atoms. The zero-order valence-corrected chi connectivity index (χ0v) is 12.7. The zero-order chi connectivity index (χ0) is 15.4. The number of aromatic nitrogens is 2. The number of nitrogen functional groups attached to an aromatic ring is 1. The van der Waals surface area contributed by atoms with Gasteiger partial charge in [0.15, 0.2) is 0 Å². The van der Waals surface area contributed by atoms with Gasteiger partial charge in [-0.05, 0) is 39.2 Å². The van der Waals surface area contributed by atoms with Crippen molar-refractivity contribution in [2.75, 3.05) is 12.2 Å². The third kappa shape index (κ3) is 2.30. The van der Waals surface area contributed by atoms with E-state index in [9.17, 15) is 4.39 Å². The van der Waals surface area contributed by atoms with Gasteiger partial charge in [-0.1, -0.05) is 0 Å². The summed E-state index contributed by atoms with van der Waals surface area (Å²) in [6.45, 7) is 7.71. The molecule has 3 rings (SSSR count). The smallest absolute Gasteiger partial charge is 0.357 e.